The summed E-state index contributed by atoms with van der Waals surface area (Å²) in [5.41, 5.74) is 3.64. The standard InChI is InChI=1S/C24H23Cl2NO5S.C18H17Cl2NO2.C7H10O6S2.C7H8O5S.C6H5NO5.C6H8O4S.CH4O2S.12CH4.Na/c1-24(2,18-12-16(14-27)23(21(26)13-18)30-11-10-25)17-4-6-19(7-5-17)31-15-20-8-9-22(32-20)33(3,28)29;1-18(2,13-3-5-15(22)6-4-13)14-9-12(11-21)17(16(20)10-14)23-8-7-19;1-14(8,9)7-4-3-6(13-7)5-12-15(2,10)11;1-11-7(8)5-3-4-6(12-5)13(2,9)10;1-11-6(8)4-2-3-5(12-4)7(9)10;1-11(8,9)6-3-2-5(4-7)10-6;1-4(2)3;;;;;;;;;;;;;/h4-9,12-13H,10-11,15H2,1-3H3;3-6,9-10,22H,7-8H2,1-2H3;3-4H,5H2,1-2H3;3-4H,1-2H3;2-3H,1H3;2-3,7H,4H2,1H3;1H3,(H,2,3);12*1H4;/q;;;;;;;;;;;;;;;;;;;+1/p-1. The van der Waals surface area contributed by atoms with E-state index in [4.69, 9.17) is 92.2 Å². The van der Waals surface area contributed by atoms with E-state index in [0.717, 1.165) is 73.0 Å². The molecule has 5 heterocycles. The number of hydrogen-bond donors (Lipinski definition) is 2. The first-order valence-corrected chi connectivity index (χ1v) is 43.6. The number of carbonyl (C=O) groups excluding carboxylic acids is 2. The van der Waals surface area contributed by atoms with Gasteiger partial charge in [0.15, 0.2) is 11.5 Å². The van der Waals surface area contributed by atoms with Gasteiger partial charge in [-0.25, -0.2) is 43.3 Å². The van der Waals surface area contributed by atoms with E-state index >= 15 is 0 Å². The minimum Gasteiger partial charge on any atom is -0.773 e. The van der Waals surface area contributed by atoms with E-state index in [-0.39, 0.29) is 206 Å². The maximum Gasteiger partial charge on any atom is 1.00 e. The van der Waals surface area contributed by atoms with Crippen molar-refractivity contribution in [2.75, 3.05) is 76.7 Å². The number of benzene rings is 4. The first kappa shape index (κ1) is 139. The Labute approximate surface area is 779 Å². The number of halogens is 4. The molecule has 0 aliphatic carbocycles. The molecule has 2 N–H and O–H groups in total. The van der Waals surface area contributed by atoms with Gasteiger partial charge in [-0.3, -0.25) is 18.5 Å². The van der Waals surface area contributed by atoms with Gasteiger partial charge in [-0.15, -0.1) is 23.2 Å². The van der Waals surface area contributed by atoms with Gasteiger partial charge in [-0.2, -0.15) is 18.9 Å². The number of nitrogens with zero attached hydrogens (tertiary/aromatic N) is 3. The number of rotatable bonds is 24. The molecule has 0 spiro atoms. The van der Waals surface area contributed by atoms with Crippen LogP contribution in [0.3, 0.4) is 0 Å². The van der Waals surface area contributed by atoms with Gasteiger partial charge in [0.05, 0.1) is 59.5 Å². The second kappa shape index (κ2) is 62.8. The van der Waals surface area contributed by atoms with Crippen molar-refractivity contribution in [3.8, 4) is 35.1 Å². The van der Waals surface area contributed by atoms with Crippen LogP contribution in [0.2, 0.25) is 10.0 Å². The number of alkyl halides is 2. The summed E-state index contributed by atoms with van der Waals surface area (Å²) in [6.45, 7) is 8.18. The third-order valence-electron chi connectivity index (χ3n) is 14.0. The summed E-state index contributed by atoms with van der Waals surface area (Å²) in [6.07, 6.45) is 6.10. The molecule has 0 saturated heterocycles. The Morgan fingerprint density at radius 1 is 0.492 bits per heavy atom. The number of ether oxygens (including phenoxy) is 5. The van der Waals surface area contributed by atoms with Gasteiger partial charge in [0.2, 0.25) is 71.2 Å². The van der Waals surface area contributed by atoms with Crippen molar-refractivity contribution < 1.29 is 155 Å². The zero-order valence-electron chi connectivity index (χ0n) is 61.9. The van der Waals surface area contributed by atoms with Crippen molar-refractivity contribution in [3.05, 3.63) is 216 Å². The number of nitriles is 2. The monoisotopic (exact) mass is 1960 g/mol. The number of phenolic OH excluding ortho intramolecular Hbond substituents is 1. The fraction of sp³-hybridized carbons (Fsp3) is 0.407. The first-order chi connectivity index (χ1) is 51.5. The quantitative estimate of drug-likeness (QED) is 0.0108. The van der Waals surface area contributed by atoms with Gasteiger partial charge in [0.25, 0.3) is 10.1 Å². The predicted octanol–water partition coefficient (Wildman–Crippen LogP) is 16.5. The Balaban J connectivity index is -0.000000139. The molecule has 9 rings (SSSR count). The number of aromatic hydroxyl groups is 1. The van der Waals surface area contributed by atoms with Crippen molar-refractivity contribution in [2.24, 2.45) is 0 Å². The van der Waals surface area contributed by atoms with E-state index in [9.17, 15) is 77.4 Å². The fourth-order valence-electron chi connectivity index (χ4n) is 8.43. The largest absolute Gasteiger partial charge is 1.00 e. The molecular formula is C81H122Cl4N3NaO29S6. The van der Waals surface area contributed by atoms with Crippen LogP contribution in [0.15, 0.2) is 176 Å². The van der Waals surface area contributed by atoms with Crippen LogP contribution in [-0.4, -0.2) is 155 Å². The van der Waals surface area contributed by atoms with Gasteiger partial charge < -0.3 is 60.5 Å². The molecule has 0 bridgehead atoms. The summed E-state index contributed by atoms with van der Waals surface area (Å²) in [5, 5.41) is 47.1. The molecule has 5 aromatic heterocycles. The van der Waals surface area contributed by atoms with Crippen LogP contribution in [0, 0.1) is 32.8 Å². The van der Waals surface area contributed by atoms with Crippen LogP contribution in [0.25, 0.3) is 0 Å². The summed E-state index contributed by atoms with van der Waals surface area (Å²) in [5.74, 6) is 0.725. The first-order valence-electron chi connectivity index (χ1n) is 30.9. The smallest absolute Gasteiger partial charge is 0.773 e. The van der Waals surface area contributed by atoms with Crippen LogP contribution < -0.4 is 43.8 Å². The molecule has 0 radical (unpaired) electrons. The van der Waals surface area contributed by atoms with Crippen molar-refractivity contribution in [2.45, 2.75) is 168 Å². The zero-order valence-corrected chi connectivity index (χ0v) is 71.8. The Morgan fingerprint density at radius 2 is 0.806 bits per heavy atom. The molecule has 32 nitrogen and oxygen atoms in total. The molecule has 0 aliphatic rings. The van der Waals surface area contributed by atoms with Gasteiger partial charge >= 0.3 is 47.4 Å². The number of methoxy groups -OCH3 is 2. The van der Waals surface area contributed by atoms with E-state index in [1.165, 1.54) is 55.6 Å². The molecule has 0 fully saturated rings. The van der Waals surface area contributed by atoms with Gasteiger partial charge in [0.1, 0.15) is 78.9 Å². The van der Waals surface area contributed by atoms with Gasteiger partial charge in [-0.05, 0) is 132 Å². The number of carbonyl (C=O) groups is 2. The molecule has 700 valence electrons. The second-order valence-electron chi connectivity index (χ2n) is 23.4. The van der Waals surface area contributed by atoms with Crippen molar-refractivity contribution in [1.82, 2.24) is 0 Å². The number of nitro groups is 1. The third kappa shape index (κ3) is 45.8. The van der Waals surface area contributed by atoms with Crippen LogP contribution in [-0.2, 0) is 105 Å². The van der Waals surface area contributed by atoms with E-state index in [0.29, 0.717) is 55.9 Å². The van der Waals surface area contributed by atoms with Gasteiger partial charge in [0, 0.05) is 35.9 Å². The van der Waals surface area contributed by atoms with Crippen molar-refractivity contribution >= 4 is 125 Å². The van der Waals surface area contributed by atoms with E-state index in [2.05, 4.69) is 30.2 Å². The Morgan fingerprint density at radius 3 is 1.10 bits per heavy atom. The fourth-order valence-corrected chi connectivity index (χ4v) is 11.7. The summed E-state index contributed by atoms with van der Waals surface area (Å²) in [6, 6.07) is 39.0. The predicted molar refractivity (Wildman–Crippen MR) is 484 cm³/mol. The Bertz CT molecular complexity index is 5360. The maximum absolute atomic E-state index is 11.5. The summed E-state index contributed by atoms with van der Waals surface area (Å²) < 4.78 is 182. The maximum atomic E-state index is 11.5. The van der Waals surface area contributed by atoms with E-state index in [1.54, 1.807) is 42.5 Å². The third-order valence-corrected chi connectivity index (χ3v) is 19.3. The molecular weight excluding hydrogens is 1840 g/mol. The molecule has 1 unspecified atom stereocenters. The SMILES string of the molecule is C.C.C.C.C.C.C.C.C.C.C.C.CC(C)(c1ccc(O)cc1)c1cc(Cl)c(OCCCl)c(C#N)c1.CC(C)(c1ccc(OCc2ccc(S(C)(=O)=O)o2)cc1)c1cc(Cl)c(OCCCl)c(C#N)c1.COC(=O)c1ccc(S(C)(=O)=O)o1.COC(=O)c1ccc([N+](=O)[O-])o1.CS(=O)(=O)OCc1ccc(S(C)(=O)=O)o1.CS(=O)(=O)c1ccc(CO)o1.CS(=O)[O-].[Na+]. The molecule has 124 heavy (non-hydrogen) atoms. The van der Waals surface area contributed by atoms with Crippen LogP contribution >= 0.6 is 46.4 Å². The zero-order chi connectivity index (χ0) is 84.2. The Kier molecular flexibility index (Phi) is 70.3. The molecule has 9 aromatic rings. The number of hydrogen-bond acceptors (Lipinski definition) is 31. The Hall–Kier alpha value is -8.26. The number of aliphatic hydroxyl groups excluding tert-OH is 1. The molecule has 0 saturated carbocycles. The normalized spacial score (nSPS) is 10.4. The van der Waals surface area contributed by atoms with Gasteiger partial charge in [-0.1, -0.05) is 175 Å². The van der Waals surface area contributed by atoms with E-state index < -0.39 is 88.7 Å². The van der Waals surface area contributed by atoms with Crippen LogP contribution in [0.4, 0.5) is 5.88 Å². The molecule has 0 amide bonds. The average Bonchev–Trinajstić information content (AvgIpc) is 1.22. The van der Waals surface area contributed by atoms with Crippen molar-refractivity contribution in [1.29, 1.82) is 10.5 Å². The average molecular weight is 1960 g/mol. The van der Waals surface area contributed by atoms with Crippen molar-refractivity contribution in [3.63, 3.8) is 0 Å². The minimum atomic E-state index is -3.56. The summed E-state index contributed by atoms with van der Waals surface area (Å²) in [7, 11) is -14.7. The second-order valence-corrected chi connectivity index (χ2v) is 35.2. The number of phenols is 1. The van der Waals surface area contributed by atoms with Crippen LogP contribution in [0.5, 0.6) is 23.0 Å². The number of esters is 2. The number of sulfone groups is 4. The molecule has 1 atom stereocenters. The summed E-state index contributed by atoms with van der Waals surface area (Å²) in [4.78, 5) is 30.9. The summed E-state index contributed by atoms with van der Waals surface area (Å²) >= 11 is 22.2. The number of aliphatic hydroxyl groups is 1. The molecule has 43 heteroatoms. The topological polar surface area (TPSA) is 497 Å². The number of furan rings is 5. The van der Waals surface area contributed by atoms with E-state index in [1.807, 2.05) is 64.1 Å². The minimum absolute atomic E-state index is 0. The molecule has 4 aromatic carbocycles. The van der Waals surface area contributed by atoms with Crippen LogP contribution in [0.1, 0.15) is 189 Å². The molecule has 0 aliphatic heterocycles.